The van der Waals surface area contributed by atoms with Crippen molar-refractivity contribution in [3.63, 3.8) is 0 Å². The second kappa shape index (κ2) is 4.57. The highest BCUT2D eigenvalue weighted by Gasteiger charge is 2.18. The lowest BCUT2D eigenvalue weighted by atomic mass is 10.3. The Labute approximate surface area is 71.8 Å². The van der Waals surface area contributed by atoms with E-state index in [0.29, 0.717) is 0 Å². The molecule has 0 N–H and O–H groups in total. The van der Waals surface area contributed by atoms with E-state index in [-0.39, 0.29) is 6.04 Å². The predicted molar refractivity (Wildman–Crippen MR) is 48.2 cm³/mol. The summed E-state index contributed by atoms with van der Waals surface area (Å²) in [6.07, 6.45) is 5.28. The Morgan fingerprint density at radius 2 is 2.55 bits per heavy atom. The van der Waals surface area contributed by atoms with Gasteiger partial charge in [-0.05, 0) is 23.8 Å². The number of rotatable bonds is 4. The van der Waals surface area contributed by atoms with E-state index in [1.54, 1.807) is 11.9 Å². The Morgan fingerprint density at radius 1 is 1.73 bits per heavy atom. The molecule has 0 saturated carbocycles. The van der Waals surface area contributed by atoms with Gasteiger partial charge in [-0.1, -0.05) is 19.4 Å². The molecule has 1 unspecified atom stereocenters. The lowest BCUT2D eigenvalue weighted by molar-refractivity contribution is -0.109. The minimum Gasteiger partial charge on any atom is -0.301 e. The molecule has 1 aliphatic heterocycles. The van der Waals surface area contributed by atoms with E-state index < -0.39 is 0 Å². The Morgan fingerprint density at radius 3 is 3.18 bits per heavy atom. The number of carbonyl (C=O) groups excluding carboxylic acids is 1. The number of aldehydes is 1. The zero-order chi connectivity index (χ0) is 8.10. The smallest absolute Gasteiger partial charge is 0.141 e. The lowest BCUT2D eigenvalue weighted by Gasteiger charge is -2.17. The molecule has 0 fully saturated rings. The first-order valence-electron chi connectivity index (χ1n) is 3.94. The molecule has 0 amide bonds. The van der Waals surface area contributed by atoms with Crippen molar-refractivity contribution >= 4 is 18.2 Å². The monoisotopic (exact) mass is 171 g/mol. The molecular formula is C8H13NOS. The van der Waals surface area contributed by atoms with Gasteiger partial charge in [0.15, 0.2) is 0 Å². The highest BCUT2D eigenvalue weighted by Crippen LogP contribution is 2.23. The third kappa shape index (κ3) is 2.34. The van der Waals surface area contributed by atoms with Crippen LogP contribution < -0.4 is 0 Å². The van der Waals surface area contributed by atoms with Crippen LogP contribution in [0.5, 0.6) is 0 Å². The molecule has 0 aromatic rings. The summed E-state index contributed by atoms with van der Waals surface area (Å²) in [5, 5.41) is 1.98. The van der Waals surface area contributed by atoms with Crippen molar-refractivity contribution in [2.24, 2.45) is 0 Å². The Bertz CT molecular complexity index is 158. The second-order valence-electron chi connectivity index (χ2n) is 2.55. The molecular weight excluding hydrogens is 158 g/mol. The standard InChI is InChI=1S/C8H13NOS/c1-2-3-5-9-8(7-10)4-6-11-9/h4,6-8H,2-3,5H2,1H3. The Kier molecular flexibility index (Phi) is 3.66. The van der Waals surface area contributed by atoms with E-state index in [4.69, 9.17) is 0 Å². The van der Waals surface area contributed by atoms with Crippen molar-refractivity contribution in [1.29, 1.82) is 0 Å². The summed E-state index contributed by atoms with van der Waals surface area (Å²) < 4.78 is 2.11. The molecule has 0 radical (unpaired) electrons. The summed E-state index contributed by atoms with van der Waals surface area (Å²) >= 11 is 1.64. The SMILES string of the molecule is CCCCN1SC=CC1C=O. The molecule has 1 rings (SSSR count). The average Bonchev–Trinajstić information content (AvgIpc) is 2.47. The summed E-state index contributed by atoms with van der Waals surface area (Å²) in [6, 6.07) is 0.0200. The van der Waals surface area contributed by atoms with Crippen LogP contribution in [0.25, 0.3) is 0 Å². The molecule has 0 aliphatic carbocycles. The summed E-state index contributed by atoms with van der Waals surface area (Å²) in [5.41, 5.74) is 0. The fourth-order valence-electron chi connectivity index (χ4n) is 0.989. The van der Waals surface area contributed by atoms with Crippen molar-refractivity contribution in [3.8, 4) is 0 Å². The van der Waals surface area contributed by atoms with Crippen LogP contribution in [0.3, 0.4) is 0 Å². The number of unbranched alkanes of at least 4 members (excludes halogenated alkanes) is 1. The van der Waals surface area contributed by atoms with Crippen LogP contribution >= 0.6 is 11.9 Å². The quantitative estimate of drug-likeness (QED) is 0.475. The van der Waals surface area contributed by atoms with Gasteiger partial charge in [0.2, 0.25) is 0 Å². The first kappa shape index (κ1) is 8.81. The van der Waals surface area contributed by atoms with E-state index in [0.717, 1.165) is 12.8 Å². The van der Waals surface area contributed by atoms with E-state index in [1.807, 2.05) is 11.5 Å². The van der Waals surface area contributed by atoms with Gasteiger partial charge in [0.25, 0.3) is 0 Å². The second-order valence-corrected chi connectivity index (χ2v) is 3.51. The van der Waals surface area contributed by atoms with Gasteiger partial charge >= 0.3 is 0 Å². The molecule has 2 nitrogen and oxygen atoms in total. The highest BCUT2D eigenvalue weighted by atomic mass is 32.2. The molecule has 0 spiro atoms. The summed E-state index contributed by atoms with van der Waals surface area (Å²) in [6.45, 7) is 3.17. The van der Waals surface area contributed by atoms with Crippen molar-refractivity contribution < 1.29 is 4.79 Å². The molecule has 0 aromatic carbocycles. The van der Waals surface area contributed by atoms with Crippen LogP contribution in [-0.4, -0.2) is 23.2 Å². The van der Waals surface area contributed by atoms with Crippen LogP contribution in [0.15, 0.2) is 11.5 Å². The summed E-state index contributed by atoms with van der Waals surface area (Å²) in [7, 11) is 0. The number of nitrogens with zero attached hydrogens (tertiary/aromatic N) is 1. The van der Waals surface area contributed by atoms with Gasteiger partial charge in [0, 0.05) is 6.54 Å². The zero-order valence-electron chi connectivity index (χ0n) is 6.69. The summed E-state index contributed by atoms with van der Waals surface area (Å²) in [5.74, 6) is 0. The molecule has 1 atom stereocenters. The molecule has 1 heterocycles. The first-order chi connectivity index (χ1) is 5.38. The third-order valence-electron chi connectivity index (χ3n) is 1.68. The number of hydrogen-bond acceptors (Lipinski definition) is 3. The molecule has 1 aliphatic rings. The number of carbonyl (C=O) groups is 1. The van der Waals surface area contributed by atoms with Gasteiger partial charge in [0.05, 0.1) is 6.04 Å². The fourth-order valence-corrected chi connectivity index (χ4v) is 1.87. The third-order valence-corrected chi connectivity index (χ3v) is 2.65. The minimum atomic E-state index is 0.0200. The summed E-state index contributed by atoms with van der Waals surface area (Å²) in [4.78, 5) is 10.5. The van der Waals surface area contributed by atoms with Crippen LogP contribution in [0, 0.1) is 0 Å². The molecule has 11 heavy (non-hydrogen) atoms. The molecule has 3 heteroatoms. The Hall–Kier alpha value is -0.280. The van der Waals surface area contributed by atoms with Crippen molar-refractivity contribution in [2.45, 2.75) is 25.8 Å². The maximum atomic E-state index is 10.5. The molecule has 62 valence electrons. The van der Waals surface area contributed by atoms with E-state index in [2.05, 4.69) is 11.2 Å². The van der Waals surface area contributed by atoms with Crippen molar-refractivity contribution in [3.05, 3.63) is 11.5 Å². The largest absolute Gasteiger partial charge is 0.301 e. The molecule has 0 bridgehead atoms. The van der Waals surface area contributed by atoms with Gasteiger partial charge in [-0.25, -0.2) is 4.31 Å². The van der Waals surface area contributed by atoms with Gasteiger partial charge in [-0.2, -0.15) is 0 Å². The lowest BCUT2D eigenvalue weighted by Crippen LogP contribution is -2.26. The predicted octanol–water partition coefficient (Wildman–Crippen LogP) is 1.83. The van der Waals surface area contributed by atoms with E-state index in [9.17, 15) is 4.79 Å². The van der Waals surface area contributed by atoms with Gasteiger partial charge in [-0.3, -0.25) is 0 Å². The van der Waals surface area contributed by atoms with Crippen molar-refractivity contribution in [1.82, 2.24) is 4.31 Å². The Balaban J connectivity index is 2.29. The van der Waals surface area contributed by atoms with Gasteiger partial charge in [0.1, 0.15) is 6.29 Å². The maximum Gasteiger partial charge on any atom is 0.141 e. The normalized spacial score (nSPS) is 24.3. The van der Waals surface area contributed by atoms with E-state index >= 15 is 0 Å². The minimum absolute atomic E-state index is 0.0200. The fraction of sp³-hybridized carbons (Fsp3) is 0.625. The van der Waals surface area contributed by atoms with Crippen molar-refractivity contribution in [2.75, 3.05) is 6.54 Å². The van der Waals surface area contributed by atoms with Gasteiger partial charge in [-0.15, -0.1) is 0 Å². The zero-order valence-corrected chi connectivity index (χ0v) is 7.51. The van der Waals surface area contributed by atoms with Crippen LogP contribution in [-0.2, 0) is 4.79 Å². The van der Waals surface area contributed by atoms with Crippen LogP contribution in [0.4, 0.5) is 0 Å². The first-order valence-corrected chi connectivity index (χ1v) is 4.77. The maximum absolute atomic E-state index is 10.5. The van der Waals surface area contributed by atoms with E-state index in [1.165, 1.54) is 12.8 Å². The topological polar surface area (TPSA) is 20.3 Å². The average molecular weight is 171 g/mol. The van der Waals surface area contributed by atoms with Gasteiger partial charge < -0.3 is 4.79 Å². The molecule has 0 saturated heterocycles. The van der Waals surface area contributed by atoms with Crippen LogP contribution in [0.2, 0.25) is 0 Å². The highest BCUT2D eigenvalue weighted by molar-refractivity contribution is 8.00. The number of hydrogen-bond donors (Lipinski definition) is 0. The molecule has 0 aromatic heterocycles. The van der Waals surface area contributed by atoms with Crippen LogP contribution in [0.1, 0.15) is 19.8 Å².